The normalized spacial score (nSPS) is 28.9. The Hall–Kier alpha value is -1.72. The van der Waals surface area contributed by atoms with Crippen molar-refractivity contribution in [3.63, 3.8) is 0 Å². The van der Waals surface area contributed by atoms with Gasteiger partial charge in [-0.2, -0.15) is 0 Å². The summed E-state index contributed by atoms with van der Waals surface area (Å²) in [7, 11) is 0. The highest BCUT2D eigenvalue weighted by Crippen LogP contribution is 2.48. The van der Waals surface area contributed by atoms with Gasteiger partial charge in [0.25, 0.3) is 0 Å². The summed E-state index contributed by atoms with van der Waals surface area (Å²) in [6, 6.07) is 3.69. The molecule has 4 rings (SSSR count). The lowest BCUT2D eigenvalue weighted by atomic mass is 9.73. The van der Waals surface area contributed by atoms with E-state index < -0.39 is 23.3 Å². The molecule has 3 aliphatic rings. The van der Waals surface area contributed by atoms with E-state index in [1.165, 1.54) is 0 Å². The topological polar surface area (TPSA) is 67.8 Å². The van der Waals surface area contributed by atoms with Crippen LogP contribution in [-0.4, -0.2) is 28.4 Å². The van der Waals surface area contributed by atoms with E-state index in [1.807, 2.05) is 26.0 Å². The summed E-state index contributed by atoms with van der Waals surface area (Å²) >= 11 is 6.12. The van der Waals surface area contributed by atoms with Gasteiger partial charge >= 0.3 is 0 Å². The maximum absolute atomic E-state index is 12.8. The molecule has 134 valence electrons. The summed E-state index contributed by atoms with van der Waals surface area (Å²) in [5.74, 6) is -1.32. The number of nitrogens with one attached hydrogen (secondary N) is 1. The molecule has 2 unspecified atom stereocenters. The van der Waals surface area contributed by atoms with Gasteiger partial charge in [-0.25, -0.2) is 0 Å². The molecule has 1 aliphatic carbocycles. The number of aliphatic hydroxyl groups excluding tert-OH is 1. The summed E-state index contributed by atoms with van der Waals surface area (Å²) < 4.78 is 11.2. The predicted molar refractivity (Wildman–Crippen MR) is 93.1 cm³/mol. The van der Waals surface area contributed by atoms with Gasteiger partial charge in [-0.3, -0.25) is 4.79 Å². The predicted octanol–water partition coefficient (Wildman–Crippen LogP) is 3.06. The molecule has 1 amide bonds. The van der Waals surface area contributed by atoms with Gasteiger partial charge in [-0.15, -0.1) is 0 Å². The molecular formula is C19H22ClNO4. The summed E-state index contributed by atoms with van der Waals surface area (Å²) in [5, 5.41) is 14.9. The molecule has 1 saturated heterocycles. The minimum atomic E-state index is -0.787. The lowest BCUT2D eigenvalue weighted by Crippen LogP contribution is -2.54. The maximum Gasteiger partial charge on any atom is 0.250 e. The van der Waals surface area contributed by atoms with E-state index >= 15 is 0 Å². The number of hydrogen-bond acceptors (Lipinski definition) is 4. The number of aliphatic hydroxyl groups is 1. The van der Waals surface area contributed by atoms with Crippen molar-refractivity contribution in [2.45, 2.75) is 62.9 Å². The summed E-state index contributed by atoms with van der Waals surface area (Å²) in [6.45, 7) is 3.86. The zero-order valence-electron chi connectivity index (χ0n) is 14.3. The second-order valence-corrected chi connectivity index (χ2v) is 7.88. The van der Waals surface area contributed by atoms with E-state index in [0.29, 0.717) is 30.7 Å². The third kappa shape index (κ3) is 2.52. The van der Waals surface area contributed by atoms with Gasteiger partial charge in [-0.05, 0) is 55.5 Å². The molecular weight excluding hydrogens is 342 g/mol. The Morgan fingerprint density at radius 1 is 1.12 bits per heavy atom. The van der Waals surface area contributed by atoms with Crippen LogP contribution in [0.15, 0.2) is 24.7 Å². The molecule has 0 bridgehead atoms. The first-order valence-corrected chi connectivity index (χ1v) is 9.01. The number of carbonyl (C=O) groups excluding carboxylic acids is 1. The number of halogens is 1. The van der Waals surface area contributed by atoms with Crippen molar-refractivity contribution >= 4 is 17.5 Å². The second kappa shape index (κ2) is 5.64. The number of carbonyl (C=O) groups is 1. The summed E-state index contributed by atoms with van der Waals surface area (Å²) in [6.07, 6.45) is 4.82. The van der Waals surface area contributed by atoms with Gasteiger partial charge in [0, 0.05) is 17.9 Å². The highest BCUT2D eigenvalue weighted by molar-refractivity contribution is 6.30. The first-order chi connectivity index (χ1) is 11.9. The number of benzene rings is 1. The van der Waals surface area contributed by atoms with Crippen molar-refractivity contribution in [2.24, 2.45) is 0 Å². The number of rotatable bonds is 1. The lowest BCUT2D eigenvalue weighted by molar-refractivity contribution is -0.177. The van der Waals surface area contributed by atoms with Crippen molar-refractivity contribution in [1.82, 2.24) is 5.32 Å². The average molecular weight is 364 g/mol. The Morgan fingerprint density at radius 2 is 1.68 bits per heavy atom. The van der Waals surface area contributed by atoms with Crippen molar-refractivity contribution in [3.05, 3.63) is 46.4 Å². The van der Waals surface area contributed by atoms with Crippen LogP contribution in [0.4, 0.5) is 0 Å². The van der Waals surface area contributed by atoms with Crippen LogP contribution >= 0.6 is 11.6 Å². The first-order valence-electron chi connectivity index (χ1n) is 8.63. The monoisotopic (exact) mass is 363 g/mol. The second-order valence-electron chi connectivity index (χ2n) is 7.44. The zero-order chi connectivity index (χ0) is 17.8. The Labute approximate surface area is 152 Å². The van der Waals surface area contributed by atoms with Gasteiger partial charge in [0.1, 0.15) is 12.5 Å². The third-order valence-electron chi connectivity index (χ3n) is 5.93. The standard InChI is InChI=1S/C19H22ClNO4/c1-11-9-13(20)10-12(2)14(11)15-16(22)18(21-17(15)23)3-5-19(6-4-18)24-7-8-25-19/h7-10,15-16,22H,3-6H2,1-2H3,(H,21,23). The molecule has 2 atom stereocenters. The minimum absolute atomic E-state index is 0.122. The van der Waals surface area contributed by atoms with Crippen LogP contribution in [0.1, 0.15) is 48.3 Å². The highest BCUT2D eigenvalue weighted by atomic mass is 35.5. The molecule has 6 heteroatoms. The van der Waals surface area contributed by atoms with Crippen LogP contribution in [0.5, 0.6) is 0 Å². The van der Waals surface area contributed by atoms with Gasteiger partial charge < -0.3 is 19.9 Å². The van der Waals surface area contributed by atoms with Crippen LogP contribution in [-0.2, 0) is 14.3 Å². The van der Waals surface area contributed by atoms with Crippen LogP contribution < -0.4 is 5.32 Å². The Bertz CT molecular complexity index is 719. The molecule has 2 heterocycles. The van der Waals surface area contributed by atoms with Crippen LogP contribution in [0, 0.1) is 13.8 Å². The molecule has 5 nitrogen and oxygen atoms in total. The Kier molecular flexibility index (Phi) is 3.78. The van der Waals surface area contributed by atoms with Crippen molar-refractivity contribution in [1.29, 1.82) is 0 Å². The minimum Gasteiger partial charge on any atom is -0.457 e. The van der Waals surface area contributed by atoms with E-state index in [4.69, 9.17) is 21.1 Å². The quantitative estimate of drug-likeness (QED) is 0.804. The summed E-state index contributed by atoms with van der Waals surface area (Å²) in [4.78, 5) is 12.8. The van der Waals surface area contributed by atoms with Crippen molar-refractivity contribution < 1.29 is 19.4 Å². The van der Waals surface area contributed by atoms with Gasteiger partial charge in [-0.1, -0.05) is 11.6 Å². The van der Waals surface area contributed by atoms with Crippen molar-refractivity contribution in [3.8, 4) is 0 Å². The first kappa shape index (κ1) is 16.7. The van der Waals surface area contributed by atoms with Crippen LogP contribution in [0.2, 0.25) is 5.02 Å². The fraction of sp³-hybridized carbons (Fsp3) is 0.526. The SMILES string of the molecule is Cc1cc(Cl)cc(C)c1C1C(=O)NC2(CCC3(CC2)OC=CO3)C1O. The van der Waals surface area contributed by atoms with E-state index in [2.05, 4.69) is 5.32 Å². The van der Waals surface area contributed by atoms with Gasteiger partial charge in [0.2, 0.25) is 11.7 Å². The average Bonchev–Trinajstić information content (AvgIpc) is 3.09. The van der Waals surface area contributed by atoms with E-state index in [9.17, 15) is 9.90 Å². The smallest absolute Gasteiger partial charge is 0.250 e. The fourth-order valence-corrected chi connectivity index (χ4v) is 4.95. The molecule has 1 aromatic carbocycles. The van der Waals surface area contributed by atoms with E-state index in [-0.39, 0.29) is 5.91 Å². The van der Waals surface area contributed by atoms with Crippen LogP contribution in [0.3, 0.4) is 0 Å². The molecule has 1 saturated carbocycles. The molecule has 2 aliphatic heterocycles. The Balaban J connectivity index is 1.62. The van der Waals surface area contributed by atoms with Gasteiger partial charge in [0.15, 0.2) is 0 Å². The maximum atomic E-state index is 12.8. The van der Waals surface area contributed by atoms with E-state index in [0.717, 1.165) is 16.7 Å². The molecule has 0 radical (unpaired) electrons. The van der Waals surface area contributed by atoms with Gasteiger partial charge in [0.05, 0.1) is 17.6 Å². The fourth-order valence-electron chi connectivity index (χ4n) is 4.63. The number of amides is 1. The number of aryl methyl sites for hydroxylation is 2. The number of hydrogen-bond donors (Lipinski definition) is 2. The van der Waals surface area contributed by atoms with E-state index in [1.54, 1.807) is 12.5 Å². The molecule has 2 spiro atoms. The molecule has 0 aromatic heterocycles. The largest absolute Gasteiger partial charge is 0.457 e. The molecule has 25 heavy (non-hydrogen) atoms. The summed E-state index contributed by atoms with van der Waals surface area (Å²) in [5.41, 5.74) is 2.11. The zero-order valence-corrected chi connectivity index (χ0v) is 15.1. The Morgan fingerprint density at radius 3 is 2.24 bits per heavy atom. The third-order valence-corrected chi connectivity index (χ3v) is 6.15. The van der Waals surface area contributed by atoms with Crippen molar-refractivity contribution in [2.75, 3.05) is 0 Å². The molecule has 1 aromatic rings. The molecule has 2 fully saturated rings. The lowest BCUT2D eigenvalue weighted by Gasteiger charge is -2.43. The number of ether oxygens (including phenoxy) is 2. The highest BCUT2D eigenvalue weighted by Gasteiger charge is 2.57. The van der Waals surface area contributed by atoms with Crippen LogP contribution in [0.25, 0.3) is 0 Å². The molecule has 2 N–H and O–H groups in total.